The van der Waals surface area contributed by atoms with Gasteiger partial charge >= 0.3 is 6.18 Å². The molecule has 0 amide bonds. The number of carbonyl (C=O) groups excluding carboxylic acids is 1. The van der Waals surface area contributed by atoms with E-state index in [9.17, 15) is 28.1 Å². The van der Waals surface area contributed by atoms with Crippen molar-refractivity contribution in [2.45, 2.75) is 6.18 Å². The van der Waals surface area contributed by atoms with E-state index in [0.717, 1.165) is 23.9 Å². The quantitative estimate of drug-likeness (QED) is 0.469. The molecule has 0 radical (unpaired) electrons. The largest absolute Gasteiger partial charge is 0.416 e. The summed E-state index contributed by atoms with van der Waals surface area (Å²) in [6.45, 7) is 0. The number of carbonyl (C=O) groups is 1. The van der Waals surface area contributed by atoms with E-state index in [2.05, 4.69) is 0 Å². The fraction of sp³-hybridized carbons (Fsp3) is 0.0556. The number of nitro benzene ring substituents is 1. The summed E-state index contributed by atoms with van der Waals surface area (Å²) in [5.41, 5.74) is 5.33. The number of allylic oxidation sites excluding steroid dienone is 2. The normalized spacial score (nSPS) is 16.3. The van der Waals surface area contributed by atoms with Gasteiger partial charge in [0.2, 0.25) is 5.78 Å². The van der Waals surface area contributed by atoms with Gasteiger partial charge in [0.05, 0.1) is 26.0 Å². The molecule has 1 aliphatic heterocycles. The standard InChI is InChI=1S/C18H11F3N2O3S/c19-18(20,21)12-5-2-4-11(9-12)15-16(24)14(27-17(15)22)8-10-3-1-6-13(7-10)23(25)26/h1-9H,22H2. The van der Waals surface area contributed by atoms with Crippen LogP contribution in [0.1, 0.15) is 16.7 Å². The van der Waals surface area contributed by atoms with Crippen molar-refractivity contribution in [3.8, 4) is 0 Å². The summed E-state index contributed by atoms with van der Waals surface area (Å²) in [5, 5.41) is 10.9. The Balaban J connectivity index is 1.96. The van der Waals surface area contributed by atoms with Crippen LogP contribution in [-0.2, 0) is 11.0 Å². The van der Waals surface area contributed by atoms with Crippen molar-refractivity contribution >= 4 is 34.9 Å². The summed E-state index contributed by atoms with van der Waals surface area (Å²) in [4.78, 5) is 23.1. The second-order valence-electron chi connectivity index (χ2n) is 5.61. The number of halogens is 3. The smallest absolute Gasteiger partial charge is 0.393 e. The Hall–Kier alpha value is -3.07. The second-order valence-corrected chi connectivity index (χ2v) is 6.69. The van der Waals surface area contributed by atoms with Crippen molar-refractivity contribution < 1.29 is 22.9 Å². The van der Waals surface area contributed by atoms with Crippen LogP contribution in [0.15, 0.2) is 58.5 Å². The van der Waals surface area contributed by atoms with E-state index in [-0.39, 0.29) is 26.8 Å². The lowest BCUT2D eigenvalue weighted by atomic mass is 9.99. The van der Waals surface area contributed by atoms with Crippen molar-refractivity contribution in [2.75, 3.05) is 0 Å². The molecule has 1 heterocycles. The number of hydrogen-bond acceptors (Lipinski definition) is 5. The van der Waals surface area contributed by atoms with Gasteiger partial charge in [0.25, 0.3) is 5.69 Å². The minimum Gasteiger partial charge on any atom is -0.393 e. The third kappa shape index (κ3) is 3.87. The highest BCUT2D eigenvalue weighted by Crippen LogP contribution is 2.42. The lowest BCUT2D eigenvalue weighted by Crippen LogP contribution is -2.07. The molecule has 1 aliphatic rings. The number of ketones is 1. The highest BCUT2D eigenvalue weighted by atomic mass is 32.2. The molecule has 0 fully saturated rings. The van der Waals surface area contributed by atoms with Gasteiger partial charge in [-0.25, -0.2) is 0 Å². The van der Waals surface area contributed by atoms with Crippen LogP contribution >= 0.6 is 11.8 Å². The summed E-state index contributed by atoms with van der Waals surface area (Å²) in [5.74, 6) is -0.525. The Labute approximate surface area is 155 Å². The molecule has 3 rings (SSSR count). The molecule has 27 heavy (non-hydrogen) atoms. The van der Waals surface area contributed by atoms with E-state index in [1.54, 1.807) is 6.07 Å². The maximum absolute atomic E-state index is 12.9. The Morgan fingerprint density at radius 2 is 1.81 bits per heavy atom. The SMILES string of the molecule is NC1=C(c2cccc(C(F)(F)F)c2)C(=O)C(=Cc2cccc([N+](=O)[O-])c2)S1. The molecular formula is C18H11F3N2O3S. The molecule has 9 heteroatoms. The average Bonchev–Trinajstić information content (AvgIpc) is 2.88. The fourth-order valence-electron chi connectivity index (χ4n) is 2.55. The first kappa shape index (κ1) is 18.7. The van der Waals surface area contributed by atoms with Crippen molar-refractivity contribution in [3.05, 3.63) is 85.3 Å². The van der Waals surface area contributed by atoms with Crippen LogP contribution in [0, 0.1) is 10.1 Å². The lowest BCUT2D eigenvalue weighted by Gasteiger charge is -2.09. The fourth-order valence-corrected chi connectivity index (χ4v) is 3.49. The minimum absolute atomic E-state index is 0.0113. The third-order valence-electron chi connectivity index (χ3n) is 3.77. The predicted octanol–water partition coefficient (Wildman–Crippen LogP) is 4.60. The molecule has 0 saturated carbocycles. The maximum Gasteiger partial charge on any atom is 0.416 e. The number of nitrogens with zero attached hydrogens (tertiary/aromatic N) is 1. The van der Waals surface area contributed by atoms with E-state index in [4.69, 9.17) is 5.73 Å². The van der Waals surface area contributed by atoms with Gasteiger partial charge in [0, 0.05) is 12.1 Å². The maximum atomic E-state index is 12.9. The number of thioether (sulfide) groups is 1. The van der Waals surface area contributed by atoms with Crippen LogP contribution in [0.2, 0.25) is 0 Å². The second kappa shape index (κ2) is 6.92. The van der Waals surface area contributed by atoms with Crippen LogP contribution < -0.4 is 5.73 Å². The average molecular weight is 392 g/mol. The van der Waals surface area contributed by atoms with Gasteiger partial charge in [-0.1, -0.05) is 36.0 Å². The molecule has 2 N–H and O–H groups in total. The molecule has 0 aromatic heterocycles. The van der Waals surface area contributed by atoms with Crippen molar-refractivity contribution in [2.24, 2.45) is 5.73 Å². The highest BCUT2D eigenvalue weighted by molar-refractivity contribution is 8.08. The number of hydrogen-bond donors (Lipinski definition) is 1. The van der Waals surface area contributed by atoms with Gasteiger partial charge in [-0.2, -0.15) is 13.2 Å². The predicted molar refractivity (Wildman–Crippen MR) is 96.2 cm³/mol. The first-order chi connectivity index (χ1) is 12.7. The van der Waals surface area contributed by atoms with Crippen molar-refractivity contribution in [1.29, 1.82) is 0 Å². The third-order valence-corrected chi connectivity index (χ3v) is 4.72. The first-order valence-electron chi connectivity index (χ1n) is 7.53. The van der Waals surface area contributed by atoms with Gasteiger partial charge in [0.15, 0.2) is 0 Å². The topological polar surface area (TPSA) is 86.2 Å². The number of nitro groups is 1. The van der Waals surface area contributed by atoms with E-state index in [0.29, 0.717) is 5.56 Å². The van der Waals surface area contributed by atoms with Crippen LogP contribution in [0.25, 0.3) is 11.6 Å². The molecule has 0 aliphatic carbocycles. The Morgan fingerprint density at radius 1 is 1.11 bits per heavy atom. The molecule has 2 aromatic rings. The van der Waals surface area contributed by atoms with Crippen molar-refractivity contribution in [1.82, 2.24) is 0 Å². The number of Topliss-reactive ketones (excluding diaryl/α,β-unsaturated/α-hetero) is 1. The number of benzene rings is 2. The Morgan fingerprint density at radius 3 is 2.48 bits per heavy atom. The molecule has 0 bridgehead atoms. The summed E-state index contributed by atoms with van der Waals surface area (Å²) in [6.07, 6.45) is -3.12. The van der Waals surface area contributed by atoms with Gasteiger partial charge in [-0.15, -0.1) is 0 Å². The molecule has 0 spiro atoms. The van der Waals surface area contributed by atoms with Crippen LogP contribution in [0.3, 0.4) is 0 Å². The van der Waals surface area contributed by atoms with E-state index in [1.807, 2.05) is 0 Å². The summed E-state index contributed by atoms with van der Waals surface area (Å²) >= 11 is 0.917. The van der Waals surface area contributed by atoms with E-state index in [1.165, 1.54) is 36.4 Å². The summed E-state index contributed by atoms with van der Waals surface area (Å²) < 4.78 is 38.7. The minimum atomic E-state index is -4.54. The summed E-state index contributed by atoms with van der Waals surface area (Å²) in [6, 6.07) is 10.0. The van der Waals surface area contributed by atoms with Gasteiger partial charge < -0.3 is 5.73 Å². The number of alkyl halides is 3. The van der Waals surface area contributed by atoms with Crippen molar-refractivity contribution in [3.63, 3.8) is 0 Å². The zero-order valence-corrected chi connectivity index (χ0v) is 14.3. The molecule has 0 saturated heterocycles. The Kier molecular flexibility index (Phi) is 4.79. The molecule has 0 atom stereocenters. The van der Waals surface area contributed by atoms with Crippen LogP contribution in [0.4, 0.5) is 18.9 Å². The van der Waals surface area contributed by atoms with E-state index >= 15 is 0 Å². The van der Waals surface area contributed by atoms with Gasteiger partial charge in [-0.3, -0.25) is 14.9 Å². The van der Waals surface area contributed by atoms with Crippen LogP contribution in [-0.4, -0.2) is 10.7 Å². The van der Waals surface area contributed by atoms with Gasteiger partial charge in [-0.05, 0) is 29.3 Å². The lowest BCUT2D eigenvalue weighted by molar-refractivity contribution is -0.384. The molecule has 138 valence electrons. The summed E-state index contributed by atoms with van der Waals surface area (Å²) in [7, 11) is 0. The number of non-ortho nitro benzene ring substituents is 1. The number of nitrogens with two attached hydrogens (primary N) is 1. The Bertz CT molecular complexity index is 1010. The molecule has 5 nitrogen and oxygen atoms in total. The first-order valence-corrected chi connectivity index (χ1v) is 8.34. The monoisotopic (exact) mass is 392 g/mol. The zero-order valence-electron chi connectivity index (χ0n) is 13.5. The highest BCUT2D eigenvalue weighted by Gasteiger charge is 2.33. The van der Waals surface area contributed by atoms with Gasteiger partial charge in [0.1, 0.15) is 0 Å². The van der Waals surface area contributed by atoms with E-state index < -0.39 is 22.4 Å². The zero-order chi connectivity index (χ0) is 19.8. The van der Waals surface area contributed by atoms with Crippen LogP contribution in [0.5, 0.6) is 0 Å². The number of rotatable bonds is 3. The molecular weight excluding hydrogens is 381 g/mol. The molecule has 2 aromatic carbocycles. The molecule has 0 unspecified atom stereocenters.